The van der Waals surface area contributed by atoms with Gasteiger partial charge in [-0.1, -0.05) is 12.6 Å². The SMILES string of the molecule is C=Cc1ccc(-c2cccnc2OC)cn1. The van der Waals surface area contributed by atoms with Crippen LogP contribution in [-0.4, -0.2) is 17.1 Å². The highest BCUT2D eigenvalue weighted by atomic mass is 16.5. The Bertz CT molecular complexity index is 492. The molecule has 0 unspecified atom stereocenters. The second-order valence-electron chi connectivity index (χ2n) is 3.24. The first-order valence-corrected chi connectivity index (χ1v) is 4.93. The predicted octanol–water partition coefficient (Wildman–Crippen LogP) is 2.80. The lowest BCUT2D eigenvalue weighted by Gasteiger charge is -2.06. The molecule has 3 heteroatoms. The van der Waals surface area contributed by atoms with Gasteiger partial charge in [0.15, 0.2) is 0 Å². The summed E-state index contributed by atoms with van der Waals surface area (Å²) in [5.74, 6) is 0.607. The van der Waals surface area contributed by atoms with E-state index in [4.69, 9.17) is 4.74 Å². The van der Waals surface area contributed by atoms with E-state index in [9.17, 15) is 0 Å². The molecule has 0 aliphatic rings. The minimum Gasteiger partial charge on any atom is -0.481 e. The lowest BCUT2D eigenvalue weighted by molar-refractivity contribution is 0.399. The Morgan fingerprint density at radius 1 is 1.25 bits per heavy atom. The van der Waals surface area contributed by atoms with Crippen LogP contribution in [0.5, 0.6) is 5.88 Å². The summed E-state index contributed by atoms with van der Waals surface area (Å²) in [7, 11) is 1.61. The van der Waals surface area contributed by atoms with Gasteiger partial charge in [-0.2, -0.15) is 0 Å². The first kappa shape index (κ1) is 10.4. The van der Waals surface area contributed by atoms with Crippen molar-refractivity contribution < 1.29 is 4.74 Å². The zero-order valence-electron chi connectivity index (χ0n) is 9.05. The van der Waals surface area contributed by atoms with Crippen molar-refractivity contribution in [2.75, 3.05) is 7.11 Å². The van der Waals surface area contributed by atoms with Crippen LogP contribution in [0.4, 0.5) is 0 Å². The van der Waals surface area contributed by atoms with Crippen molar-refractivity contribution in [2.24, 2.45) is 0 Å². The fraction of sp³-hybridized carbons (Fsp3) is 0.0769. The third kappa shape index (κ3) is 1.93. The molecule has 3 nitrogen and oxygen atoms in total. The summed E-state index contributed by atoms with van der Waals surface area (Å²) in [6.45, 7) is 3.67. The number of pyridine rings is 2. The van der Waals surface area contributed by atoms with Crippen molar-refractivity contribution in [3.05, 3.63) is 48.9 Å². The lowest BCUT2D eigenvalue weighted by Crippen LogP contribution is -1.91. The van der Waals surface area contributed by atoms with Gasteiger partial charge in [0.05, 0.1) is 12.8 Å². The topological polar surface area (TPSA) is 35.0 Å². The largest absolute Gasteiger partial charge is 0.481 e. The fourth-order valence-electron chi connectivity index (χ4n) is 1.46. The van der Waals surface area contributed by atoms with Gasteiger partial charge in [0.2, 0.25) is 5.88 Å². The fourth-order valence-corrected chi connectivity index (χ4v) is 1.46. The molecule has 2 heterocycles. The summed E-state index contributed by atoms with van der Waals surface area (Å²) in [5, 5.41) is 0. The molecule has 2 aromatic rings. The summed E-state index contributed by atoms with van der Waals surface area (Å²) >= 11 is 0. The number of hydrogen-bond donors (Lipinski definition) is 0. The maximum atomic E-state index is 5.20. The average Bonchev–Trinajstić information content (AvgIpc) is 2.39. The standard InChI is InChI=1S/C13H12N2O/c1-3-11-7-6-10(9-15-11)12-5-4-8-14-13(12)16-2/h3-9H,1H2,2H3. The lowest BCUT2D eigenvalue weighted by atomic mass is 10.1. The number of rotatable bonds is 3. The first-order chi connectivity index (χ1) is 7.85. The zero-order chi connectivity index (χ0) is 11.4. The van der Waals surface area contributed by atoms with Crippen molar-refractivity contribution >= 4 is 6.08 Å². The maximum Gasteiger partial charge on any atom is 0.221 e. The molecule has 2 rings (SSSR count). The molecule has 0 atom stereocenters. The summed E-state index contributed by atoms with van der Waals surface area (Å²) in [6.07, 6.45) is 5.20. The third-order valence-electron chi connectivity index (χ3n) is 2.27. The minimum atomic E-state index is 0.607. The van der Waals surface area contributed by atoms with Gasteiger partial charge >= 0.3 is 0 Å². The minimum absolute atomic E-state index is 0.607. The third-order valence-corrected chi connectivity index (χ3v) is 2.27. The molecule has 80 valence electrons. The van der Waals surface area contributed by atoms with Crippen LogP contribution in [0.25, 0.3) is 17.2 Å². The molecule has 0 spiro atoms. The smallest absolute Gasteiger partial charge is 0.221 e. The van der Waals surface area contributed by atoms with E-state index in [0.29, 0.717) is 5.88 Å². The highest BCUT2D eigenvalue weighted by Crippen LogP contribution is 2.26. The molecule has 0 aliphatic heterocycles. The molecular weight excluding hydrogens is 200 g/mol. The highest BCUT2D eigenvalue weighted by Gasteiger charge is 2.05. The van der Waals surface area contributed by atoms with Gasteiger partial charge in [0.1, 0.15) is 0 Å². The van der Waals surface area contributed by atoms with Crippen LogP contribution in [0.3, 0.4) is 0 Å². The Morgan fingerprint density at radius 3 is 2.75 bits per heavy atom. The van der Waals surface area contributed by atoms with E-state index in [1.54, 1.807) is 25.6 Å². The highest BCUT2D eigenvalue weighted by molar-refractivity contribution is 5.68. The number of methoxy groups -OCH3 is 1. The molecule has 0 fully saturated rings. The van der Waals surface area contributed by atoms with Gasteiger partial charge < -0.3 is 4.74 Å². The number of nitrogens with zero attached hydrogens (tertiary/aromatic N) is 2. The van der Waals surface area contributed by atoms with Crippen LogP contribution in [0, 0.1) is 0 Å². The van der Waals surface area contributed by atoms with E-state index in [0.717, 1.165) is 16.8 Å². The number of hydrogen-bond acceptors (Lipinski definition) is 3. The molecule has 0 amide bonds. The molecular formula is C13H12N2O. The summed E-state index contributed by atoms with van der Waals surface area (Å²) < 4.78 is 5.20. The zero-order valence-corrected chi connectivity index (χ0v) is 9.05. The normalized spacial score (nSPS) is 9.81. The Balaban J connectivity index is 2.45. The van der Waals surface area contributed by atoms with Gasteiger partial charge in [0, 0.05) is 23.5 Å². The summed E-state index contributed by atoms with van der Waals surface area (Å²) in [4.78, 5) is 8.39. The monoisotopic (exact) mass is 212 g/mol. The van der Waals surface area contributed by atoms with Crippen LogP contribution in [-0.2, 0) is 0 Å². The molecule has 0 saturated carbocycles. The molecule has 0 saturated heterocycles. The molecule has 16 heavy (non-hydrogen) atoms. The van der Waals surface area contributed by atoms with E-state index in [-0.39, 0.29) is 0 Å². The predicted molar refractivity (Wildman–Crippen MR) is 64.1 cm³/mol. The van der Waals surface area contributed by atoms with Crippen LogP contribution < -0.4 is 4.74 Å². The number of ether oxygens (including phenoxy) is 1. The second-order valence-corrected chi connectivity index (χ2v) is 3.24. The first-order valence-electron chi connectivity index (χ1n) is 4.93. The Morgan fingerprint density at radius 2 is 2.12 bits per heavy atom. The van der Waals surface area contributed by atoms with Crippen molar-refractivity contribution in [1.29, 1.82) is 0 Å². The maximum absolute atomic E-state index is 5.20. The van der Waals surface area contributed by atoms with Crippen LogP contribution in [0.15, 0.2) is 43.2 Å². The molecule has 0 radical (unpaired) electrons. The second kappa shape index (κ2) is 4.57. The van der Waals surface area contributed by atoms with Gasteiger partial charge in [-0.05, 0) is 24.3 Å². The Hall–Kier alpha value is -2.16. The van der Waals surface area contributed by atoms with E-state index < -0.39 is 0 Å². The van der Waals surface area contributed by atoms with E-state index in [1.165, 1.54) is 0 Å². The molecule has 2 aromatic heterocycles. The van der Waals surface area contributed by atoms with Crippen molar-refractivity contribution in [2.45, 2.75) is 0 Å². The van der Waals surface area contributed by atoms with Gasteiger partial charge in [-0.15, -0.1) is 0 Å². The van der Waals surface area contributed by atoms with E-state index in [2.05, 4.69) is 16.5 Å². The molecule has 0 N–H and O–H groups in total. The molecule has 0 aliphatic carbocycles. The van der Waals surface area contributed by atoms with E-state index >= 15 is 0 Å². The van der Waals surface area contributed by atoms with Gasteiger partial charge in [-0.25, -0.2) is 4.98 Å². The van der Waals surface area contributed by atoms with Crippen LogP contribution in [0.2, 0.25) is 0 Å². The van der Waals surface area contributed by atoms with Crippen LogP contribution >= 0.6 is 0 Å². The van der Waals surface area contributed by atoms with Crippen LogP contribution in [0.1, 0.15) is 5.69 Å². The molecule has 0 aromatic carbocycles. The molecule has 0 bridgehead atoms. The number of aromatic nitrogens is 2. The quantitative estimate of drug-likeness (QED) is 0.784. The summed E-state index contributed by atoms with van der Waals surface area (Å²) in [6, 6.07) is 7.72. The van der Waals surface area contributed by atoms with Gasteiger partial charge in [-0.3, -0.25) is 4.98 Å². The van der Waals surface area contributed by atoms with Crippen molar-refractivity contribution in [3.8, 4) is 17.0 Å². The average molecular weight is 212 g/mol. The Labute approximate surface area is 94.4 Å². The summed E-state index contributed by atoms with van der Waals surface area (Å²) in [5.41, 5.74) is 2.77. The van der Waals surface area contributed by atoms with E-state index in [1.807, 2.05) is 24.3 Å². The van der Waals surface area contributed by atoms with Crippen molar-refractivity contribution in [3.63, 3.8) is 0 Å². The van der Waals surface area contributed by atoms with Gasteiger partial charge in [0.25, 0.3) is 0 Å². The van der Waals surface area contributed by atoms with Crippen molar-refractivity contribution in [1.82, 2.24) is 9.97 Å². The Kier molecular flexibility index (Phi) is 2.96.